The first kappa shape index (κ1) is 12.0. The zero-order valence-electron chi connectivity index (χ0n) is 9.19. The van der Waals surface area contributed by atoms with Crippen molar-refractivity contribution in [3.63, 3.8) is 0 Å². The van der Waals surface area contributed by atoms with Gasteiger partial charge in [0.25, 0.3) is 0 Å². The molecule has 0 radical (unpaired) electrons. The fourth-order valence-corrected chi connectivity index (χ4v) is 1.65. The van der Waals surface area contributed by atoms with Gasteiger partial charge in [-0.2, -0.15) is 0 Å². The summed E-state index contributed by atoms with van der Waals surface area (Å²) >= 11 is 0. The number of hydrogen-bond acceptors (Lipinski definition) is 3. The molecule has 0 aliphatic carbocycles. The first-order chi connectivity index (χ1) is 7.07. The molecule has 86 valence electrons. The van der Waals surface area contributed by atoms with Crippen LogP contribution in [0, 0.1) is 5.92 Å². The molecule has 5 nitrogen and oxygen atoms in total. The van der Waals surface area contributed by atoms with Crippen molar-refractivity contribution in [2.45, 2.75) is 25.9 Å². The van der Waals surface area contributed by atoms with E-state index in [-0.39, 0.29) is 11.8 Å². The van der Waals surface area contributed by atoms with Gasteiger partial charge in [-0.3, -0.25) is 9.59 Å². The minimum absolute atomic E-state index is 0.289. The summed E-state index contributed by atoms with van der Waals surface area (Å²) in [5.74, 6) is -1.57. The first-order valence-corrected chi connectivity index (χ1v) is 5.28. The highest BCUT2D eigenvalue weighted by Crippen LogP contribution is 2.17. The van der Waals surface area contributed by atoms with Crippen LogP contribution in [0.5, 0.6) is 0 Å². The molecule has 1 heterocycles. The number of hydrogen-bond donors (Lipinski definition) is 2. The van der Waals surface area contributed by atoms with Gasteiger partial charge < -0.3 is 15.3 Å². The number of nitrogens with zero attached hydrogens (tertiary/aromatic N) is 1. The molecule has 15 heavy (non-hydrogen) atoms. The van der Waals surface area contributed by atoms with Crippen molar-refractivity contribution in [2.75, 3.05) is 20.1 Å². The molecule has 1 rings (SSSR count). The lowest BCUT2D eigenvalue weighted by Gasteiger charge is -2.32. The second kappa shape index (κ2) is 5.11. The Morgan fingerprint density at radius 2 is 2.33 bits per heavy atom. The van der Waals surface area contributed by atoms with Gasteiger partial charge >= 0.3 is 0 Å². The van der Waals surface area contributed by atoms with Crippen molar-refractivity contribution in [3.8, 4) is 0 Å². The van der Waals surface area contributed by atoms with Crippen LogP contribution in [-0.4, -0.2) is 48.1 Å². The highest BCUT2D eigenvalue weighted by Gasteiger charge is 2.38. The van der Waals surface area contributed by atoms with Crippen molar-refractivity contribution >= 4 is 11.8 Å². The van der Waals surface area contributed by atoms with Gasteiger partial charge in [0.2, 0.25) is 11.8 Å². The number of carbonyl (C=O) groups excluding carboxylic acids is 2. The van der Waals surface area contributed by atoms with Gasteiger partial charge in [-0.05, 0) is 12.8 Å². The SMILES string of the molecule is CCCNC(=O)C1C(=O)N(C)CCC1O. The summed E-state index contributed by atoms with van der Waals surface area (Å²) in [6.45, 7) is 2.99. The molecule has 2 unspecified atom stereocenters. The van der Waals surface area contributed by atoms with Gasteiger partial charge in [0.05, 0.1) is 6.10 Å². The topological polar surface area (TPSA) is 69.6 Å². The Labute approximate surface area is 89.4 Å². The molecule has 1 saturated heterocycles. The van der Waals surface area contributed by atoms with E-state index in [1.165, 1.54) is 4.90 Å². The number of amides is 2. The van der Waals surface area contributed by atoms with Crippen LogP contribution in [-0.2, 0) is 9.59 Å². The Bertz CT molecular complexity index is 255. The van der Waals surface area contributed by atoms with E-state index in [2.05, 4.69) is 5.32 Å². The molecule has 2 N–H and O–H groups in total. The molecule has 1 aliphatic heterocycles. The fourth-order valence-electron chi connectivity index (χ4n) is 1.65. The van der Waals surface area contributed by atoms with Crippen molar-refractivity contribution in [1.29, 1.82) is 0 Å². The van der Waals surface area contributed by atoms with Crippen LogP contribution in [0.2, 0.25) is 0 Å². The van der Waals surface area contributed by atoms with E-state index in [4.69, 9.17) is 0 Å². The third-order valence-corrected chi connectivity index (χ3v) is 2.62. The maximum atomic E-state index is 11.6. The zero-order chi connectivity index (χ0) is 11.4. The van der Waals surface area contributed by atoms with Gasteiger partial charge in [0.1, 0.15) is 5.92 Å². The van der Waals surface area contributed by atoms with Crippen LogP contribution in [0.1, 0.15) is 19.8 Å². The molecule has 1 fully saturated rings. The highest BCUT2D eigenvalue weighted by atomic mass is 16.3. The van der Waals surface area contributed by atoms with Crippen LogP contribution < -0.4 is 5.32 Å². The molecule has 2 amide bonds. The third-order valence-electron chi connectivity index (χ3n) is 2.62. The molecule has 0 aromatic heterocycles. The molecule has 0 saturated carbocycles. The van der Waals surface area contributed by atoms with Crippen LogP contribution in [0.3, 0.4) is 0 Å². The molecule has 0 aromatic carbocycles. The minimum Gasteiger partial charge on any atom is -0.392 e. The molecule has 0 bridgehead atoms. The Morgan fingerprint density at radius 3 is 2.93 bits per heavy atom. The molecule has 0 spiro atoms. The molecule has 1 aliphatic rings. The van der Waals surface area contributed by atoms with E-state index in [1.54, 1.807) is 7.05 Å². The van der Waals surface area contributed by atoms with Crippen molar-refractivity contribution in [1.82, 2.24) is 10.2 Å². The quantitative estimate of drug-likeness (QED) is 0.613. The summed E-state index contributed by atoms with van der Waals surface area (Å²) in [4.78, 5) is 24.7. The Hall–Kier alpha value is -1.10. The lowest BCUT2D eigenvalue weighted by molar-refractivity contribution is -0.150. The van der Waals surface area contributed by atoms with Gasteiger partial charge in [-0.15, -0.1) is 0 Å². The normalized spacial score (nSPS) is 26.6. The number of aliphatic hydroxyl groups is 1. The zero-order valence-corrected chi connectivity index (χ0v) is 9.19. The largest absolute Gasteiger partial charge is 0.392 e. The summed E-state index contributed by atoms with van der Waals surface area (Å²) in [7, 11) is 1.65. The van der Waals surface area contributed by atoms with E-state index in [0.717, 1.165) is 6.42 Å². The van der Waals surface area contributed by atoms with Crippen molar-refractivity contribution in [3.05, 3.63) is 0 Å². The molecular weight excluding hydrogens is 196 g/mol. The molecule has 2 atom stereocenters. The van der Waals surface area contributed by atoms with Gasteiger partial charge in [-0.25, -0.2) is 0 Å². The van der Waals surface area contributed by atoms with E-state index in [9.17, 15) is 14.7 Å². The standard InChI is InChI=1S/C10H18N2O3/c1-3-5-11-9(14)8-7(13)4-6-12(2)10(8)15/h7-8,13H,3-6H2,1-2H3,(H,11,14). The van der Waals surface area contributed by atoms with Crippen LogP contribution in [0.4, 0.5) is 0 Å². The number of nitrogens with one attached hydrogen (secondary N) is 1. The maximum Gasteiger partial charge on any atom is 0.237 e. The Balaban J connectivity index is 2.63. The minimum atomic E-state index is -0.921. The number of carbonyl (C=O) groups is 2. The van der Waals surface area contributed by atoms with Gasteiger partial charge in [0.15, 0.2) is 0 Å². The number of aliphatic hydroxyl groups excluding tert-OH is 1. The number of rotatable bonds is 3. The first-order valence-electron chi connectivity index (χ1n) is 5.28. The summed E-state index contributed by atoms with van der Waals surface area (Å²) < 4.78 is 0. The van der Waals surface area contributed by atoms with Crippen molar-refractivity contribution < 1.29 is 14.7 Å². The lowest BCUT2D eigenvalue weighted by Crippen LogP contribution is -2.52. The van der Waals surface area contributed by atoms with E-state index in [1.807, 2.05) is 6.92 Å². The van der Waals surface area contributed by atoms with E-state index < -0.39 is 12.0 Å². The third kappa shape index (κ3) is 2.68. The summed E-state index contributed by atoms with van der Waals surface area (Å²) in [6, 6.07) is 0. The van der Waals surface area contributed by atoms with Crippen LogP contribution in [0.15, 0.2) is 0 Å². The molecule has 5 heteroatoms. The Morgan fingerprint density at radius 1 is 1.67 bits per heavy atom. The number of piperidine rings is 1. The maximum absolute atomic E-state index is 11.6. The summed E-state index contributed by atoms with van der Waals surface area (Å²) in [5.41, 5.74) is 0. The summed E-state index contributed by atoms with van der Waals surface area (Å²) in [5, 5.41) is 12.3. The van der Waals surface area contributed by atoms with Crippen LogP contribution >= 0.6 is 0 Å². The average Bonchev–Trinajstić information content (AvgIpc) is 2.21. The number of likely N-dealkylation sites (tertiary alicyclic amines) is 1. The highest BCUT2D eigenvalue weighted by molar-refractivity contribution is 6.01. The average molecular weight is 214 g/mol. The Kier molecular flexibility index (Phi) is 4.08. The second-order valence-electron chi connectivity index (χ2n) is 3.88. The fraction of sp³-hybridized carbons (Fsp3) is 0.800. The predicted octanol–water partition coefficient (Wildman–Crippen LogP) is -0.648. The van der Waals surface area contributed by atoms with Gasteiger partial charge in [-0.1, -0.05) is 6.92 Å². The van der Waals surface area contributed by atoms with Crippen LogP contribution in [0.25, 0.3) is 0 Å². The lowest BCUT2D eigenvalue weighted by atomic mass is 9.93. The van der Waals surface area contributed by atoms with E-state index in [0.29, 0.717) is 19.5 Å². The smallest absolute Gasteiger partial charge is 0.237 e. The van der Waals surface area contributed by atoms with Gasteiger partial charge in [0, 0.05) is 20.1 Å². The summed E-state index contributed by atoms with van der Waals surface area (Å²) in [6.07, 6.45) is 0.441. The van der Waals surface area contributed by atoms with E-state index >= 15 is 0 Å². The monoisotopic (exact) mass is 214 g/mol. The molecular formula is C10H18N2O3. The van der Waals surface area contributed by atoms with Crippen molar-refractivity contribution in [2.24, 2.45) is 5.92 Å². The second-order valence-corrected chi connectivity index (χ2v) is 3.88. The molecule has 0 aromatic rings. The predicted molar refractivity (Wildman–Crippen MR) is 55.1 cm³/mol.